The van der Waals surface area contributed by atoms with E-state index in [1.807, 2.05) is 69.3 Å². The van der Waals surface area contributed by atoms with Gasteiger partial charge in [0.25, 0.3) is 0 Å². The molecule has 0 unspecified atom stereocenters. The first-order chi connectivity index (χ1) is 16.4. The molecule has 0 saturated heterocycles. The number of hydrogen-bond acceptors (Lipinski definition) is 6. The van der Waals surface area contributed by atoms with E-state index in [-0.39, 0.29) is 18.4 Å². The summed E-state index contributed by atoms with van der Waals surface area (Å²) in [6.45, 7) is 9.43. The number of tetrazole rings is 1. The lowest BCUT2D eigenvalue weighted by atomic mass is 9.97. The van der Waals surface area contributed by atoms with Crippen LogP contribution in [0.2, 0.25) is 0 Å². The third-order valence-corrected chi connectivity index (χ3v) is 5.43. The highest BCUT2D eigenvalue weighted by Crippen LogP contribution is 2.30. The zero-order chi connectivity index (χ0) is 25.1. The highest BCUT2D eigenvalue weighted by Gasteiger charge is 2.32. The Labute approximate surface area is 199 Å². The van der Waals surface area contributed by atoms with Crippen LogP contribution < -0.4 is 0 Å². The number of amides is 1. The predicted octanol–water partition coefficient (Wildman–Crippen LogP) is 4.30. The van der Waals surface area contributed by atoms with Crippen LogP contribution in [-0.4, -0.2) is 48.5 Å². The summed E-state index contributed by atoms with van der Waals surface area (Å²) in [7, 11) is 0. The number of unbranched alkanes of at least 4 members (excludes halogenated alkanes) is 1. The molecule has 0 bridgehead atoms. The molecule has 1 aromatic heterocycles. The molecular formula is C25H30N6O3. The lowest BCUT2D eigenvalue weighted by Crippen LogP contribution is -2.47. The van der Waals surface area contributed by atoms with Crippen LogP contribution in [0.5, 0.6) is 0 Å². The summed E-state index contributed by atoms with van der Waals surface area (Å²) in [4.78, 5) is 26.3. The van der Waals surface area contributed by atoms with Gasteiger partial charge >= 0.3 is 5.97 Å². The Kier molecular flexibility index (Phi) is 9.90. The molecule has 2 N–H and O–H groups in total. The first kappa shape index (κ1) is 26.2. The Hall–Kier alpha value is -4.06. The summed E-state index contributed by atoms with van der Waals surface area (Å²) in [5.74, 6) is -0.713. The molecule has 0 saturated carbocycles. The number of aromatic amines is 1. The van der Waals surface area contributed by atoms with E-state index in [0.29, 0.717) is 12.2 Å². The number of H-pyrrole nitrogens is 1. The molecule has 9 nitrogen and oxygen atoms in total. The number of carboxylic acid groups (broad SMARTS) is 1. The van der Waals surface area contributed by atoms with Crippen LogP contribution in [0.3, 0.4) is 0 Å². The highest BCUT2D eigenvalue weighted by molar-refractivity contribution is 5.84. The Balaban J connectivity index is 0.00000199. The van der Waals surface area contributed by atoms with E-state index in [9.17, 15) is 14.7 Å². The molecule has 0 aliphatic heterocycles. The summed E-state index contributed by atoms with van der Waals surface area (Å²) in [5.41, 5.74) is 3.71. The van der Waals surface area contributed by atoms with Crippen LogP contribution in [-0.2, 0) is 16.1 Å². The molecule has 1 heterocycles. The summed E-state index contributed by atoms with van der Waals surface area (Å²) >= 11 is 0. The molecule has 0 fully saturated rings. The van der Waals surface area contributed by atoms with Crippen molar-refractivity contribution in [2.45, 2.75) is 52.6 Å². The third-order valence-electron chi connectivity index (χ3n) is 5.43. The van der Waals surface area contributed by atoms with Gasteiger partial charge in [0.2, 0.25) is 5.91 Å². The van der Waals surface area contributed by atoms with Gasteiger partial charge in [-0.25, -0.2) is 15.2 Å². The topological polar surface area (TPSA) is 136 Å². The minimum atomic E-state index is -0.976. The Morgan fingerprint density at radius 3 is 2.26 bits per heavy atom. The van der Waals surface area contributed by atoms with Gasteiger partial charge in [0.05, 0.1) is 0 Å². The zero-order valence-corrected chi connectivity index (χ0v) is 19.7. The summed E-state index contributed by atoms with van der Waals surface area (Å²) in [5, 5.41) is 30.4. The molecule has 3 aromatic rings. The number of nitrogens with one attached hydrogen (secondary N) is 1. The molecule has 0 radical (unpaired) electrons. The van der Waals surface area contributed by atoms with Gasteiger partial charge in [-0.1, -0.05) is 75.7 Å². The monoisotopic (exact) mass is 462 g/mol. The minimum Gasteiger partial charge on any atom is -0.480 e. The Morgan fingerprint density at radius 1 is 1.09 bits per heavy atom. The summed E-state index contributed by atoms with van der Waals surface area (Å²) in [6, 6.07) is 14.8. The van der Waals surface area contributed by atoms with Gasteiger partial charge in [-0.3, -0.25) is 4.79 Å². The number of carboxylic acids is 1. The molecular weight excluding hydrogens is 432 g/mol. The molecule has 0 spiro atoms. The molecule has 178 valence electrons. The van der Waals surface area contributed by atoms with Crippen molar-refractivity contribution in [3.05, 3.63) is 54.1 Å². The third kappa shape index (κ3) is 6.48. The lowest BCUT2D eigenvalue weighted by Gasteiger charge is -2.32. The van der Waals surface area contributed by atoms with E-state index in [4.69, 9.17) is 5.26 Å². The van der Waals surface area contributed by atoms with Gasteiger partial charge in [0, 0.05) is 25.1 Å². The maximum Gasteiger partial charge on any atom is 0.326 e. The molecule has 0 aliphatic rings. The second kappa shape index (κ2) is 12.8. The number of carbonyl (C=O) groups excluding carboxylic acids is 1. The van der Waals surface area contributed by atoms with Gasteiger partial charge in [0.1, 0.15) is 6.04 Å². The van der Waals surface area contributed by atoms with Crippen LogP contribution >= 0.6 is 0 Å². The molecule has 1 atom stereocenters. The van der Waals surface area contributed by atoms with Crippen molar-refractivity contribution >= 4 is 11.9 Å². The molecule has 3 rings (SSSR count). The highest BCUT2D eigenvalue weighted by atomic mass is 16.4. The van der Waals surface area contributed by atoms with E-state index in [2.05, 4.69) is 27.2 Å². The number of carbonyl (C=O) groups is 2. The fraction of sp³-hybridized carbons (Fsp3) is 0.360. The number of aliphatic carboxylic acids is 1. The smallest absolute Gasteiger partial charge is 0.326 e. The number of nitrogens with zero attached hydrogens (tertiary/aromatic N) is 5. The fourth-order valence-corrected chi connectivity index (χ4v) is 3.79. The second-order valence-electron chi connectivity index (χ2n) is 8.14. The lowest BCUT2D eigenvalue weighted by molar-refractivity contribution is -0.153. The van der Waals surface area contributed by atoms with Crippen molar-refractivity contribution < 1.29 is 14.7 Å². The van der Waals surface area contributed by atoms with E-state index in [1.165, 1.54) is 4.90 Å². The standard InChI is InChI=1S/C24H29N5O3.CHN/c1-4-5-10-21(30)29(22(16(2)3)24(31)32)15-17-11-13-18(14-12-17)19-8-6-7-9-20(19)23-25-27-28-26-23;1-2/h6-9,11-14,16,22H,4-5,10,15H2,1-3H3,(H,31,32)(H,25,26,27,28);1H/t22-;/m0./s1. The maximum atomic E-state index is 12.9. The van der Waals surface area contributed by atoms with Gasteiger partial charge in [-0.15, -0.1) is 5.10 Å². The largest absolute Gasteiger partial charge is 0.480 e. The van der Waals surface area contributed by atoms with E-state index < -0.39 is 12.0 Å². The van der Waals surface area contributed by atoms with Crippen molar-refractivity contribution in [2.24, 2.45) is 5.92 Å². The van der Waals surface area contributed by atoms with Crippen molar-refractivity contribution in [1.82, 2.24) is 25.5 Å². The van der Waals surface area contributed by atoms with Crippen molar-refractivity contribution in [3.63, 3.8) is 0 Å². The fourth-order valence-electron chi connectivity index (χ4n) is 3.79. The first-order valence-corrected chi connectivity index (χ1v) is 11.1. The van der Waals surface area contributed by atoms with Crippen LogP contribution in [0.4, 0.5) is 0 Å². The van der Waals surface area contributed by atoms with Crippen molar-refractivity contribution in [3.8, 4) is 29.1 Å². The number of nitriles is 1. The van der Waals surface area contributed by atoms with Crippen LogP contribution in [0.1, 0.15) is 45.6 Å². The molecule has 2 aromatic carbocycles. The molecule has 9 heteroatoms. The average molecular weight is 463 g/mol. The van der Waals surface area contributed by atoms with Crippen molar-refractivity contribution in [2.75, 3.05) is 0 Å². The first-order valence-electron chi connectivity index (χ1n) is 11.1. The van der Waals surface area contributed by atoms with Crippen LogP contribution in [0.15, 0.2) is 48.5 Å². The van der Waals surface area contributed by atoms with Crippen LogP contribution in [0.25, 0.3) is 22.5 Å². The van der Waals surface area contributed by atoms with E-state index >= 15 is 0 Å². The predicted molar refractivity (Wildman–Crippen MR) is 128 cm³/mol. The number of hydrogen-bond donors (Lipinski definition) is 2. The average Bonchev–Trinajstić information content (AvgIpc) is 3.38. The summed E-state index contributed by atoms with van der Waals surface area (Å²) in [6.07, 6.45) is 1.98. The number of benzene rings is 2. The van der Waals surface area contributed by atoms with Gasteiger partial charge in [0.15, 0.2) is 5.82 Å². The molecule has 1 amide bonds. The van der Waals surface area contributed by atoms with Crippen molar-refractivity contribution in [1.29, 1.82) is 5.26 Å². The SMILES string of the molecule is C#N.CCCCC(=O)N(Cc1ccc(-c2ccccc2-c2nnn[nH]2)cc1)[C@H](C(=O)O)C(C)C. The number of aromatic nitrogens is 4. The maximum absolute atomic E-state index is 12.9. The van der Waals surface area contributed by atoms with E-state index in [1.54, 1.807) is 0 Å². The Bertz CT molecular complexity index is 1080. The van der Waals surface area contributed by atoms with E-state index in [0.717, 1.165) is 35.1 Å². The van der Waals surface area contributed by atoms with Gasteiger partial charge in [-0.2, -0.15) is 0 Å². The molecule has 34 heavy (non-hydrogen) atoms. The summed E-state index contributed by atoms with van der Waals surface area (Å²) < 4.78 is 0. The van der Waals surface area contributed by atoms with Gasteiger partial charge in [-0.05, 0) is 39.5 Å². The van der Waals surface area contributed by atoms with Gasteiger partial charge < -0.3 is 10.0 Å². The Morgan fingerprint density at radius 2 is 1.74 bits per heavy atom. The van der Waals surface area contributed by atoms with Crippen LogP contribution in [0, 0.1) is 17.8 Å². The second-order valence-corrected chi connectivity index (χ2v) is 8.14. The minimum absolute atomic E-state index is 0.125. The normalized spacial score (nSPS) is 11.4. The zero-order valence-electron chi connectivity index (χ0n) is 19.7. The number of rotatable bonds is 10. The molecule has 0 aliphatic carbocycles. The quantitative estimate of drug-likeness (QED) is 0.458.